The van der Waals surface area contributed by atoms with Gasteiger partial charge in [-0.25, -0.2) is 4.79 Å². The third kappa shape index (κ3) is 12.3. The molecule has 0 saturated carbocycles. The van der Waals surface area contributed by atoms with Gasteiger partial charge in [-0.2, -0.15) is 0 Å². The van der Waals surface area contributed by atoms with Gasteiger partial charge in [-0.3, -0.25) is 4.90 Å². The molecule has 1 saturated heterocycles. The van der Waals surface area contributed by atoms with Crippen molar-refractivity contribution in [3.8, 4) is 17.2 Å². The molecule has 0 unspecified atom stereocenters. The Bertz CT molecular complexity index is 1020. The summed E-state index contributed by atoms with van der Waals surface area (Å²) in [4.78, 5) is 18.0. The first kappa shape index (κ1) is 33.9. The largest absolute Gasteiger partial charge is 0.493 e. The van der Waals surface area contributed by atoms with Gasteiger partial charge in [0.1, 0.15) is 5.75 Å². The molecular weight excluding hydrogens is 524 g/mol. The molecule has 6 nitrogen and oxygen atoms in total. The standard InChI is InChI=1S/C36H56N2O4/c1-4-5-6-7-8-9-10-11-12-13-14-15-16-19-24-37-25-27-38(28-26-37)30-32-20-17-18-21-33(32)42-36(39)31-22-23-34(40-2)35(29-31)41-3/h17-18,20-23,29H,4-16,19,24-28,30H2,1-3H3. The third-order valence-corrected chi connectivity index (χ3v) is 8.48. The molecular formula is C36H56N2O4. The van der Waals surface area contributed by atoms with E-state index in [1.54, 1.807) is 32.4 Å². The molecule has 0 atom stereocenters. The monoisotopic (exact) mass is 580 g/mol. The molecule has 2 aromatic rings. The average Bonchev–Trinajstić information content (AvgIpc) is 3.02. The Hall–Kier alpha value is -2.57. The minimum Gasteiger partial charge on any atom is -0.493 e. The second-order valence-electron chi connectivity index (χ2n) is 11.8. The van der Waals surface area contributed by atoms with Crippen molar-refractivity contribution in [2.45, 2.75) is 103 Å². The van der Waals surface area contributed by atoms with Crippen LogP contribution in [0.5, 0.6) is 17.2 Å². The number of rotatable bonds is 21. The first-order valence-corrected chi connectivity index (χ1v) is 16.6. The van der Waals surface area contributed by atoms with Crippen molar-refractivity contribution in [3.63, 3.8) is 0 Å². The molecule has 2 aromatic carbocycles. The number of benzene rings is 2. The van der Waals surface area contributed by atoms with Gasteiger partial charge >= 0.3 is 5.97 Å². The van der Waals surface area contributed by atoms with Crippen LogP contribution in [0.2, 0.25) is 0 Å². The molecule has 1 heterocycles. The van der Waals surface area contributed by atoms with Crippen LogP contribution >= 0.6 is 0 Å². The number of hydrogen-bond donors (Lipinski definition) is 0. The Labute approximate surface area is 255 Å². The smallest absolute Gasteiger partial charge is 0.343 e. The second-order valence-corrected chi connectivity index (χ2v) is 11.8. The number of piperazine rings is 1. The maximum absolute atomic E-state index is 12.9. The van der Waals surface area contributed by atoms with E-state index in [4.69, 9.17) is 14.2 Å². The number of unbranched alkanes of at least 4 members (excludes halogenated alkanes) is 13. The molecule has 6 heteroatoms. The lowest BCUT2D eigenvalue weighted by Gasteiger charge is -2.35. The van der Waals surface area contributed by atoms with E-state index in [-0.39, 0.29) is 0 Å². The van der Waals surface area contributed by atoms with Crippen molar-refractivity contribution < 1.29 is 19.0 Å². The van der Waals surface area contributed by atoms with Crippen molar-refractivity contribution in [2.24, 2.45) is 0 Å². The summed E-state index contributed by atoms with van der Waals surface area (Å²) in [5, 5.41) is 0. The van der Waals surface area contributed by atoms with E-state index in [1.165, 1.54) is 96.4 Å². The number of esters is 1. The SMILES string of the molecule is CCCCCCCCCCCCCCCCN1CCN(Cc2ccccc2OC(=O)c2ccc(OC)c(OC)c2)CC1. The van der Waals surface area contributed by atoms with E-state index in [2.05, 4.69) is 22.8 Å². The van der Waals surface area contributed by atoms with Crippen LogP contribution in [-0.4, -0.2) is 62.7 Å². The molecule has 0 aromatic heterocycles. The lowest BCUT2D eigenvalue weighted by atomic mass is 10.0. The topological polar surface area (TPSA) is 51.2 Å². The number of nitrogens with zero attached hydrogens (tertiary/aromatic N) is 2. The highest BCUT2D eigenvalue weighted by Crippen LogP contribution is 2.29. The van der Waals surface area contributed by atoms with Crippen LogP contribution < -0.4 is 14.2 Å². The van der Waals surface area contributed by atoms with Gasteiger partial charge in [0.15, 0.2) is 11.5 Å². The number of methoxy groups -OCH3 is 2. The summed E-state index contributed by atoms with van der Waals surface area (Å²) in [5.41, 5.74) is 1.46. The Morgan fingerprint density at radius 2 is 1.19 bits per heavy atom. The zero-order chi connectivity index (χ0) is 29.8. The number of carbonyl (C=O) groups is 1. The molecule has 1 fully saturated rings. The Balaban J connectivity index is 1.27. The molecule has 42 heavy (non-hydrogen) atoms. The Morgan fingerprint density at radius 3 is 1.79 bits per heavy atom. The second kappa shape index (κ2) is 20.4. The Morgan fingerprint density at radius 1 is 0.643 bits per heavy atom. The maximum atomic E-state index is 12.9. The summed E-state index contributed by atoms with van der Waals surface area (Å²) in [6, 6.07) is 12.9. The van der Waals surface area contributed by atoms with Gasteiger partial charge in [0.05, 0.1) is 19.8 Å². The summed E-state index contributed by atoms with van der Waals surface area (Å²) >= 11 is 0. The van der Waals surface area contributed by atoms with Crippen molar-refractivity contribution >= 4 is 5.97 Å². The molecule has 3 rings (SSSR count). The summed E-state index contributed by atoms with van der Waals surface area (Å²) in [5.74, 6) is 1.30. The lowest BCUT2D eigenvalue weighted by Crippen LogP contribution is -2.46. The number of ether oxygens (including phenoxy) is 3. The van der Waals surface area contributed by atoms with Crippen molar-refractivity contribution in [3.05, 3.63) is 53.6 Å². The highest BCUT2D eigenvalue weighted by atomic mass is 16.5. The first-order valence-electron chi connectivity index (χ1n) is 16.6. The first-order chi connectivity index (χ1) is 20.6. The molecule has 234 valence electrons. The lowest BCUT2D eigenvalue weighted by molar-refractivity contribution is 0.0728. The molecule has 0 amide bonds. The molecule has 0 radical (unpaired) electrons. The molecule has 0 N–H and O–H groups in total. The fraction of sp³-hybridized carbons (Fsp3) is 0.639. The highest BCUT2D eigenvalue weighted by molar-refractivity contribution is 5.92. The van der Waals surface area contributed by atoms with E-state index < -0.39 is 5.97 Å². The van der Waals surface area contributed by atoms with E-state index in [0.717, 1.165) is 38.3 Å². The van der Waals surface area contributed by atoms with Crippen LogP contribution in [0.4, 0.5) is 0 Å². The fourth-order valence-electron chi connectivity index (χ4n) is 5.80. The van der Waals surface area contributed by atoms with Crippen LogP contribution in [0, 0.1) is 0 Å². The molecule has 0 aliphatic carbocycles. The van der Waals surface area contributed by atoms with Crippen molar-refractivity contribution in [2.75, 3.05) is 46.9 Å². The van der Waals surface area contributed by atoms with Crippen LogP contribution in [0.15, 0.2) is 42.5 Å². The van der Waals surface area contributed by atoms with E-state index in [0.29, 0.717) is 22.8 Å². The zero-order valence-corrected chi connectivity index (χ0v) is 26.7. The normalized spacial score (nSPS) is 14.2. The summed E-state index contributed by atoms with van der Waals surface area (Å²) < 4.78 is 16.4. The molecule has 0 spiro atoms. The van der Waals surface area contributed by atoms with Crippen molar-refractivity contribution in [1.82, 2.24) is 9.80 Å². The molecule has 0 bridgehead atoms. The van der Waals surface area contributed by atoms with E-state index >= 15 is 0 Å². The van der Waals surface area contributed by atoms with Gasteiger partial charge in [0.2, 0.25) is 0 Å². The summed E-state index contributed by atoms with van der Waals surface area (Å²) in [7, 11) is 3.13. The predicted molar refractivity (Wildman–Crippen MR) is 173 cm³/mol. The minimum absolute atomic E-state index is 0.401. The summed E-state index contributed by atoms with van der Waals surface area (Å²) in [6.07, 6.45) is 19.7. The molecule has 1 aliphatic heterocycles. The van der Waals surface area contributed by atoms with Crippen LogP contribution in [0.1, 0.15) is 113 Å². The third-order valence-electron chi connectivity index (χ3n) is 8.48. The highest BCUT2D eigenvalue weighted by Gasteiger charge is 2.19. The molecule has 1 aliphatic rings. The number of para-hydroxylation sites is 1. The van der Waals surface area contributed by atoms with Gasteiger partial charge in [-0.05, 0) is 37.2 Å². The van der Waals surface area contributed by atoms with Gasteiger partial charge in [-0.1, -0.05) is 109 Å². The zero-order valence-electron chi connectivity index (χ0n) is 26.7. The summed E-state index contributed by atoms with van der Waals surface area (Å²) in [6.45, 7) is 8.57. The van der Waals surface area contributed by atoms with Gasteiger partial charge in [-0.15, -0.1) is 0 Å². The predicted octanol–water partition coefficient (Wildman–Crippen LogP) is 8.52. The fourth-order valence-corrected chi connectivity index (χ4v) is 5.80. The van der Waals surface area contributed by atoms with Crippen LogP contribution in [0.3, 0.4) is 0 Å². The van der Waals surface area contributed by atoms with Gasteiger partial charge in [0, 0.05) is 38.3 Å². The van der Waals surface area contributed by atoms with Gasteiger partial charge < -0.3 is 19.1 Å². The number of hydrogen-bond acceptors (Lipinski definition) is 6. The van der Waals surface area contributed by atoms with Crippen molar-refractivity contribution in [1.29, 1.82) is 0 Å². The van der Waals surface area contributed by atoms with Crippen LogP contribution in [-0.2, 0) is 6.54 Å². The van der Waals surface area contributed by atoms with Gasteiger partial charge in [0.25, 0.3) is 0 Å². The number of carbonyl (C=O) groups excluding carboxylic acids is 1. The van der Waals surface area contributed by atoms with E-state index in [1.807, 2.05) is 18.2 Å². The average molecular weight is 581 g/mol. The van der Waals surface area contributed by atoms with Crippen LogP contribution in [0.25, 0.3) is 0 Å². The quantitative estimate of drug-likeness (QED) is 0.0838. The Kier molecular flexibility index (Phi) is 16.4. The maximum Gasteiger partial charge on any atom is 0.343 e. The minimum atomic E-state index is -0.401. The van der Waals surface area contributed by atoms with E-state index in [9.17, 15) is 4.79 Å².